The van der Waals surface area contributed by atoms with Crippen LogP contribution in [0.3, 0.4) is 0 Å². The first-order chi connectivity index (χ1) is 12.2. The zero-order valence-corrected chi connectivity index (χ0v) is 15.7. The molecule has 1 aromatic carbocycles. The van der Waals surface area contributed by atoms with Gasteiger partial charge in [-0.3, -0.25) is 4.90 Å². The van der Waals surface area contributed by atoms with Gasteiger partial charge in [-0.15, -0.1) is 0 Å². The third kappa shape index (κ3) is 3.22. The monoisotopic (exact) mass is 433 g/mol. The number of aliphatic imine (C=N–C) groups is 2. The minimum Gasteiger partial charge on any atom is -0.495 e. The Kier molecular flexibility index (Phi) is 4.80. The van der Waals surface area contributed by atoms with E-state index in [9.17, 15) is 13.2 Å². The summed E-state index contributed by atoms with van der Waals surface area (Å²) in [6.45, 7) is 0. The van der Waals surface area contributed by atoms with Gasteiger partial charge in [-0.1, -0.05) is 6.42 Å². The van der Waals surface area contributed by atoms with E-state index in [1.807, 2.05) is 0 Å². The van der Waals surface area contributed by atoms with Crippen LogP contribution < -0.4 is 21.1 Å². The van der Waals surface area contributed by atoms with E-state index in [4.69, 9.17) is 16.2 Å². The van der Waals surface area contributed by atoms with E-state index < -0.39 is 17.4 Å². The number of ether oxygens (including phenoxy) is 1. The first kappa shape index (κ1) is 18.8. The molecule has 10 heteroatoms. The lowest BCUT2D eigenvalue weighted by atomic mass is 9.87. The predicted molar refractivity (Wildman–Crippen MR) is 97.2 cm³/mol. The number of nitrogens with two attached hydrogens (primary N) is 2. The maximum absolute atomic E-state index is 13.5. The highest BCUT2D eigenvalue weighted by Gasteiger charge is 2.44. The lowest BCUT2D eigenvalue weighted by molar-refractivity contribution is -0.138. The van der Waals surface area contributed by atoms with E-state index in [-0.39, 0.29) is 27.8 Å². The van der Waals surface area contributed by atoms with Crippen molar-refractivity contribution in [1.29, 1.82) is 0 Å². The van der Waals surface area contributed by atoms with Crippen molar-refractivity contribution >= 4 is 33.5 Å². The van der Waals surface area contributed by atoms with Gasteiger partial charge >= 0.3 is 6.18 Å². The Morgan fingerprint density at radius 3 is 2.42 bits per heavy atom. The molecule has 1 fully saturated rings. The number of hydrogen-bond acceptors (Lipinski definition) is 6. The Hall–Kier alpha value is -1.97. The molecule has 26 heavy (non-hydrogen) atoms. The highest BCUT2D eigenvalue weighted by molar-refractivity contribution is 9.10. The van der Waals surface area contributed by atoms with Crippen LogP contribution in [0.4, 0.5) is 18.9 Å². The van der Waals surface area contributed by atoms with Gasteiger partial charge in [0.2, 0.25) is 11.9 Å². The summed E-state index contributed by atoms with van der Waals surface area (Å²) in [5.41, 5.74) is 10.4. The van der Waals surface area contributed by atoms with Gasteiger partial charge in [0.25, 0.3) is 0 Å². The van der Waals surface area contributed by atoms with Crippen molar-refractivity contribution in [3.63, 3.8) is 0 Å². The first-order valence-electron chi connectivity index (χ1n) is 8.12. The van der Waals surface area contributed by atoms with Crippen LogP contribution >= 0.6 is 15.9 Å². The molecule has 142 valence electrons. The molecule has 0 saturated heterocycles. The maximum Gasteiger partial charge on any atom is 0.420 e. The molecule has 0 atom stereocenters. The summed E-state index contributed by atoms with van der Waals surface area (Å²) < 4.78 is 45.7. The molecule has 1 heterocycles. The van der Waals surface area contributed by atoms with Gasteiger partial charge in [-0.05, 0) is 53.7 Å². The Balaban J connectivity index is 2.17. The van der Waals surface area contributed by atoms with Crippen molar-refractivity contribution in [1.82, 2.24) is 0 Å². The summed E-state index contributed by atoms with van der Waals surface area (Å²) in [6.07, 6.45) is -0.534. The molecule has 3 rings (SSSR count). The first-order valence-corrected chi connectivity index (χ1v) is 8.92. The van der Waals surface area contributed by atoms with Crippen LogP contribution in [0.2, 0.25) is 0 Å². The lowest BCUT2D eigenvalue weighted by Crippen LogP contribution is -2.58. The second-order valence-electron chi connectivity index (χ2n) is 6.32. The highest BCUT2D eigenvalue weighted by atomic mass is 79.9. The second-order valence-corrected chi connectivity index (χ2v) is 7.18. The fourth-order valence-electron chi connectivity index (χ4n) is 3.62. The maximum atomic E-state index is 13.5. The predicted octanol–water partition coefficient (Wildman–Crippen LogP) is 3.59. The van der Waals surface area contributed by atoms with Gasteiger partial charge in [0, 0.05) is 5.69 Å². The molecular weight excluding hydrogens is 415 g/mol. The van der Waals surface area contributed by atoms with Gasteiger partial charge in [0.1, 0.15) is 17.0 Å². The van der Waals surface area contributed by atoms with E-state index in [0.29, 0.717) is 12.8 Å². The van der Waals surface area contributed by atoms with Crippen LogP contribution in [0.5, 0.6) is 5.75 Å². The quantitative estimate of drug-likeness (QED) is 0.745. The number of anilines is 1. The number of hydrogen-bond donors (Lipinski definition) is 2. The van der Waals surface area contributed by atoms with Crippen molar-refractivity contribution in [3.8, 4) is 5.75 Å². The van der Waals surface area contributed by atoms with E-state index in [1.165, 1.54) is 13.2 Å². The average molecular weight is 434 g/mol. The lowest BCUT2D eigenvalue weighted by Gasteiger charge is -2.45. The molecule has 1 spiro atoms. The summed E-state index contributed by atoms with van der Waals surface area (Å²) in [6, 6.07) is 2.54. The molecule has 1 aliphatic heterocycles. The Labute approximate surface area is 157 Å². The average Bonchev–Trinajstić information content (AvgIpc) is 2.53. The largest absolute Gasteiger partial charge is 0.495 e. The van der Waals surface area contributed by atoms with Crippen LogP contribution in [0, 0.1) is 0 Å². The molecule has 0 amide bonds. The summed E-state index contributed by atoms with van der Waals surface area (Å²) in [7, 11) is 1.19. The van der Waals surface area contributed by atoms with E-state index in [2.05, 4.69) is 25.9 Å². The van der Waals surface area contributed by atoms with Gasteiger partial charge in [0.05, 0.1) is 11.6 Å². The van der Waals surface area contributed by atoms with Crippen LogP contribution in [0.25, 0.3) is 0 Å². The Morgan fingerprint density at radius 2 is 1.85 bits per heavy atom. The number of methoxy groups -OCH3 is 1. The minimum atomic E-state index is -4.59. The molecule has 0 aromatic heterocycles. The molecular formula is C16H19BrF3N5O. The van der Waals surface area contributed by atoms with Gasteiger partial charge in [0.15, 0.2) is 0 Å². The molecule has 2 aliphatic rings. The number of guanidine groups is 2. The van der Waals surface area contributed by atoms with Gasteiger partial charge < -0.3 is 16.2 Å². The number of alkyl halides is 3. The van der Waals surface area contributed by atoms with E-state index in [0.717, 1.165) is 25.3 Å². The third-order valence-corrected chi connectivity index (χ3v) is 5.24. The third-order valence-electron chi connectivity index (χ3n) is 4.65. The van der Waals surface area contributed by atoms with Crippen LogP contribution in [-0.2, 0) is 6.18 Å². The summed E-state index contributed by atoms with van der Waals surface area (Å²) in [5, 5.41) is 0. The molecule has 6 nitrogen and oxygen atoms in total. The van der Waals surface area contributed by atoms with Crippen molar-refractivity contribution in [2.75, 3.05) is 12.0 Å². The van der Waals surface area contributed by atoms with Crippen LogP contribution in [0.15, 0.2) is 26.6 Å². The zero-order chi connectivity index (χ0) is 19.1. The minimum absolute atomic E-state index is 0.0320. The van der Waals surface area contributed by atoms with Crippen molar-refractivity contribution in [2.24, 2.45) is 21.5 Å². The van der Waals surface area contributed by atoms with E-state index in [1.54, 1.807) is 4.90 Å². The topological polar surface area (TPSA) is 89.2 Å². The number of halogens is 4. The summed E-state index contributed by atoms with van der Waals surface area (Å²) in [4.78, 5) is 10.0. The zero-order valence-electron chi connectivity index (χ0n) is 14.1. The van der Waals surface area contributed by atoms with Crippen molar-refractivity contribution < 1.29 is 17.9 Å². The molecule has 0 unspecified atom stereocenters. The SMILES string of the molecule is COc1c(Br)cc(N2C(N)=NC(N)=NC23CCCCC3)cc1C(F)(F)F. The van der Waals surface area contributed by atoms with Crippen LogP contribution in [0.1, 0.15) is 37.7 Å². The number of rotatable bonds is 2. The smallest absolute Gasteiger partial charge is 0.420 e. The summed E-state index contributed by atoms with van der Waals surface area (Å²) in [5.74, 6) is -0.205. The van der Waals surface area contributed by atoms with Crippen LogP contribution in [-0.4, -0.2) is 24.7 Å². The standard InChI is InChI=1S/C16H19BrF3N5O/c1-26-12-10(16(18,19)20)7-9(8-11(12)17)25-14(22)23-13(21)24-15(25)5-3-2-4-6-15/h7-8H,2-6H2,1H3,(H4,21,22,23,24). The number of benzene rings is 1. The fraction of sp³-hybridized carbons (Fsp3) is 0.500. The molecule has 4 N–H and O–H groups in total. The highest BCUT2D eigenvalue weighted by Crippen LogP contribution is 2.46. The van der Waals surface area contributed by atoms with E-state index >= 15 is 0 Å². The van der Waals surface area contributed by atoms with Crippen molar-refractivity contribution in [2.45, 2.75) is 43.9 Å². The number of nitrogens with zero attached hydrogens (tertiary/aromatic N) is 3. The molecule has 1 aliphatic carbocycles. The normalized spacial score (nSPS) is 20.0. The Morgan fingerprint density at radius 1 is 1.19 bits per heavy atom. The summed E-state index contributed by atoms with van der Waals surface area (Å²) >= 11 is 3.17. The molecule has 0 radical (unpaired) electrons. The Bertz CT molecular complexity index is 772. The van der Waals surface area contributed by atoms with Gasteiger partial charge in [-0.25, -0.2) is 4.99 Å². The second kappa shape index (κ2) is 6.64. The van der Waals surface area contributed by atoms with Gasteiger partial charge in [-0.2, -0.15) is 18.2 Å². The molecule has 1 aromatic rings. The molecule has 1 saturated carbocycles. The molecule has 0 bridgehead atoms. The fourth-order valence-corrected chi connectivity index (χ4v) is 4.23. The van der Waals surface area contributed by atoms with Crippen molar-refractivity contribution in [3.05, 3.63) is 22.2 Å².